The Bertz CT molecular complexity index is 792. The van der Waals surface area contributed by atoms with Crippen molar-refractivity contribution < 1.29 is 17.9 Å². The van der Waals surface area contributed by atoms with Crippen molar-refractivity contribution in [2.75, 3.05) is 6.61 Å². The number of rotatable bonds is 5. The van der Waals surface area contributed by atoms with Crippen LogP contribution in [0.1, 0.15) is 49.8 Å². The van der Waals surface area contributed by atoms with Crippen molar-refractivity contribution >= 4 is 6.08 Å². The van der Waals surface area contributed by atoms with E-state index < -0.39 is 23.6 Å². The van der Waals surface area contributed by atoms with Gasteiger partial charge in [-0.05, 0) is 36.8 Å². The summed E-state index contributed by atoms with van der Waals surface area (Å²) in [7, 11) is 0. The van der Waals surface area contributed by atoms with Crippen LogP contribution in [0, 0.1) is 23.4 Å². The molecular formula is C22H23F3O. The molecule has 138 valence electrons. The maximum atomic E-state index is 14.7. The molecule has 1 aliphatic rings. The molecule has 3 rings (SSSR count). The molecule has 2 aromatic rings. The summed E-state index contributed by atoms with van der Waals surface area (Å²) in [6.07, 6.45) is 4.84. The van der Waals surface area contributed by atoms with E-state index in [0.717, 1.165) is 19.3 Å². The molecule has 0 aromatic heterocycles. The quantitative estimate of drug-likeness (QED) is 0.578. The smallest absolute Gasteiger partial charge is 0.167 e. The van der Waals surface area contributed by atoms with Gasteiger partial charge in [0.05, 0.1) is 12.7 Å². The zero-order valence-electron chi connectivity index (χ0n) is 14.9. The number of hydrogen-bond acceptors (Lipinski definition) is 1. The van der Waals surface area contributed by atoms with Crippen LogP contribution in [0.2, 0.25) is 0 Å². The van der Waals surface area contributed by atoms with Crippen molar-refractivity contribution in [1.82, 2.24) is 0 Å². The van der Waals surface area contributed by atoms with Gasteiger partial charge >= 0.3 is 0 Å². The number of hydrogen-bond donors (Lipinski definition) is 0. The predicted octanol–water partition coefficient (Wildman–Crippen LogP) is 6.68. The summed E-state index contributed by atoms with van der Waals surface area (Å²) in [6.45, 7) is 6.27. The van der Waals surface area contributed by atoms with Crippen molar-refractivity contribution in [2.24, 2.45) is 5.92 Å². The van der Waals surface area contributed by atoms with E-state index in [1.54, 1.807) is 6.07 Å². The van der Waals surface area contributed by atoms with Crippen molar-refractivity contribution in [3.05, 3.63) is 65.5 Å². The lowest BCUT2D eigenvalue weighted by molar-refractivity contribution is -0.0214. The molecule has 0 aliphatic carbocycles. The summed E-state index contributed by atoms with van der Waals surface area (Å²) in [6, 6.07) is 7.26. The van der Waals surface area contributed by atoms with E-state index in [2.05, 4.69) is 13.5 Å². The fourth-order valence-electron chi connectivity index (χ4n) is 3.59. The summed E-state index contributed by atoms with van der Waals surface area (Å²) in [4.78, 5) is 0. The molecule has 0 N–H and O–H groups in total. The Morgan fingerprint density at radius 2 is 1.85 bits per heavy atom. The first-order valence-corrected chi connectivity index (χ1v) is 9.07. The van der Waals surface area contributed by atoms with Gasteiger partial charge in [0, 0.05) is 16.7 Å². The average molecular weight is 360 g/mol. The molecule has 0 bridgehead atoms. The summed E-state index contributed by atoms with van der Waals surface area (Å²) < 4.78 is 49.3. The Labute approximate surface area is 152 Å². The van der Waals surface area contributed by atoms with Gasteiger partial charge < -0.3 is 4.74 Å². The largest absolute Gasteiger partial charge is 0.373 e. The fourth-order valence-corrected chi connectivity index (χ4v) is 3.59. The lowest BCUT2D eigenvalue weighted by Gasteiger charge is -2.29. The van der Waals surface area contributed by atoms with Crippen LogP contribution in [0.5, 0.6) is 0 Å². The monoisotopic (exact) mass is 360 g/mol. The van der Waals surface area contributed by atoms with Gasteiger partial charge in [-0.25, -0.2) is 13.2 Å². The lowest BCUT2D eigenvalue weighted by Crippen LogP contribution is -2.21. The van der Waals surface area contributed by atoms with Crippen molar-refractivity contribution in [2.45, 2.75) is 38.7 Å². The molecule has 2 aromatic carbocycles. The molecule has 1 nitrogen and oxygen atoms in total. The van der Waals surface area contributed by atoms with Crippen LogP contribution in [0.15, 0.2) is 36.9 Å². The first kappa shape index (κ1) is 18.7. The Balaban J connectivity index is 1.87. The zero-order chi connectivity index (χ0) is 18.7. The van der Waals surface area contributed by atoms with Crippen LogP contribution in [0.4, 0.5) is 13.2 Å². The highest BCUT2D eigenvalue weighted by atomic mass is 19.2. The van der Waals surface area contributed by atoms with Gasteiger partial charge in [0.25, 0.3) is 0 Å². The second-order valence-electron chi connectivity index (χ2n) is 6.83. The third kappa shape index (κ3) is 3.70. The molecule has 0 saturated carbocycles. The molecule has 1 saturated heterocycles. The third-order valence-electron chi connectivity index (χ3n) is 5.05. The Morgan fingerprint density at radius 3 is 2.46 bits per heavy atom. The van der Waals surface area contributed by atoms with E-state index in [9.17, 15) is 13.2 Å². The zero-order valence-corrected chi connectivity index (χ0v) is 14.9. The summed E-state index contributed by atoms with van der Waals surface area (Å²) in [5, 5.41) is 0. The first-order chi connectivity index (χ1) is 12.5. The molecule has 0 radical (unpaired) electrons. The van der Waals surface area contributed by atoms with Crippen molar-refractivity contribution in [3.63, 3.8) is 0 Å². The highest BCUT2D eigenvalue weighted by molar-refractivity contribution is 5.67. The second kappa shape index (κ2) is 8.09. The molecule has 1 heterocycles. The van der Waals surface area contributed by atoms with Crippen LogP contribution in [0.25, 0.3) is 17.2 Å². The minimum absolute atomic E-state index is 0.0334. The fraction of sp³-hybridized carbons (Fsp3) is 0.364. The Morgan fingerprint density at radius 1 is 1.08 bits per heavy atom. The van der Waals surface area contributed by atoms with Crippen LogP contribution < -0.4 is 0 Å². The molecule has 2 unspecified atom stereocenters. The normalized spacial score (nSPS) is 20.2. The first-order valence-electron chi connectivity index (χ1n) is 9.07. The van der Waals surface area contributed by atoms with E-state index in [4.69, 9.17) is 4.74 Å². The van der Waals surface area contributed by atoms with Crippen molar-refractivity contribution in [1.29, 1.82) is 0 Å². The average Bonchev–Trinajstić information content (AvgIpc) is 2.65. The van der Waals surface area contributed by atoms with Gasteiger partial charge in [-0.1, -0.05) is 50.3 Å². The topological polar surface area (TPSA) is 9.23 Å². The Hall–Kier alpha value is -2.07. The number of ether oxygens (including phenoxy) is 1. The van der Waals surface area contributed by atoms with Crippen LogP contribution in [-0.4, -0.2) is 6.61 Å². The van der Waals surface area contributed by atoms with Gasteiger partial charge in [0.15, 0.2) is 11.6 Å². The second-order valence-corrected chi connectivity index (χ2v) is 6.83. The van der Waals surface area contributed by atoms with Crippen LogP contribution in [0.3, 0.4) is 0 Å². The molecule has 1 fully saturated rings. The van der Waals surface area contributed by atoms with Crippen LogP contribution in [-0.2, 0) is 4.74 Å². The number of benzene rings is 2. The molecule has 1 aliphatic heterocycles. The minimum Gasteiger partial charge on any atom is -0.373 e. The lowest BCUT2D eigenvalue weighted by atomic mass is 9.90. The van der Waals surface area contributed by atoms with E-state index in [-0.39, 0.29) is 16.7 Å². The van der Waals surface area contributed by atoms with E-state index in [0.29, 0.717) is 24.5 Å². The highest BCUT2D eigenvalue weighted by Crippen LogP contribution is 2.37. The van der Waals surface area contributed by atoms with E-state index in [1.807, 2.05) is 0 Å². The number of halogens is 3. The highest BCUT2D eigenvalue weighted by Gasteiger charge is 2.27. The molecule has 26 heavy (non-hydrogen) atoms. The van der Waals surface area contributed by atoms with Gasteiger partial charge in [0.2, 0.25) is 0 Å². The maximum absolute atomic E-state index is 14.7. The van der Waals surface area contributed by atoms with Gasteiger partial charge in [-0.15, -0.1) is 0 Å². The molecule has 0 amide bonds. The molecule has 4 heteroatoms. The van der Waals surface area contributed by atoms with Gasteiger partial charge in [-0.2, -0.15) is 0 Å². The van der Waals surface area contributed by atoms with Crippen LogP contribution >= 0.6 is 0 Å². The molecule has 2 atom stereocenters. The Kier molecular flexibility index (Phi) is 5.82. The summed E-state index contributed by atoms with van der Waals surface area (Å²) in [5.74, 6) is -2.11. The molecule has 0 spiro atoms. The third-order valence-corrected chi connectivity index (χ3v) is 5.05. The standard InChI is InChI=1S/C22H23F3O/c1-3-5-15-7-11-20(26-13-15)18-10-9-17(21(24)22(18)25)16-8-6-14(4-2)12-19(16)23/h4,6,8-10,12,15,20H,2-3,5,7,11,13H2,1H3. The van der Waals surface area contributed by atoms with E-state index >= 15 is 0 Å². The SMILES string of the molecule is C=Cc1ccc(-c2ccc(C3CCC(CCC)CO3)c(F)c2F)c(F)c1. The van der Waals surface area contributed by atoms with E-state index in [1.165, 1.54) is 30.3 Å². The summed E-state index contributed by atoms with van der Waals surface area (Å²) >= 11 is 0. The molecular weight excluding hydrogens is 337 g/mol. The minimum atomic E-state index is -1.04. The maximum Gasteiger partial charge on any atom is 0.167 e. The van der Waals surface area contributed by atoms with Crippen molar-refractivity contribution in [3.8, 4) is 11.1 Å². The summed E-state index contributed by atoms with van der Waals surface area (Å²) in [5.41, 5.74) is 0.746. The van der Waals surface area contributed by atoms with Gasteiger partial charge in [-0.3, -0.25) is 0 Å². The predicted molar refractivity (Wildman–Crippen MR) is 98.2 cm³/mol. The van der Waals surface area contributed by atoms with Gasteiger partial charge in [0.1, 0.15) is 5.82 Å².